The van der Waals surface area contributed by atoms with E-state index in [1.807, 2.05) is 0 Å². The van der Waals surface area contributed by atoms with Crippen molar-refractivity contribution in [2.75, 3.05) is 6.61 Å². The molecular formula is C14H21ClF2N2O3. The van der Waals surface area contributed by atoms with Crippen LogP contribution in [0.25, 0.3) is 0 Å². The lowest BCUT2D eigenvalue weighted by atomic mass is 10.1. The molecule has 0 fully saturated rings. The molecule has 8 heteroatoms. The lowest BCUT2D eigenvalue weighted by Gasteiger charge is -2.16. The van der Waals surface area contributed by atoms with Crippen molar-refractivity contribution in [3.8, 4) is 11.5 Å². The molecule has 1 rings (SSSR count). The number of nitrogens with one attached hydrogen (secondary N) is 1. The molecular weight excluding hydrogens is 318 g/mol. The van der Waals surface area contributed by atoms with Crippen LogP contribution in [0.5, 0.6) is 11.5 Å². The standard InChI is InChI=1S/C14H20F2N2O3.ClH/c1-3-20-11-6-4-5-10(13(11)21-14(15)16)8-18-12(19)7-9(2)17;/h4-6,9,14H,3,7-8,17H2,1-2H3,(H,18,19);1H. The number of alkyl halides is 2. The Morgan fingerprint density at radius 2 is 2.09 bits per heavy atom. The zero-order valence-electron chi connectivity index (χ0n) is 12.5. The molecule has 22 heavy (non-hydrogen) atoms. The first kappa shape index (κ1) is 20.4. The highest BCUT2D eigenvalue weighted by Crippen LogP contribution is 2.32. The fourth-order valence-electron chi connectivity index (χ4n) is 1.75. The van der Waals surface area contributed by atoms with Gasteiger partial charge >= 0.3 is 6.61 Å². The molecule has 0 aliphatic heterocycles. The summed E-state index contributed by atoms with van der Waals surface area (Å²) in [6, 6.07) is 4.51. The van der Waals surface area contributed by atoms with Gasteiger partial charge in [-0.15, -0.1) is 12.4 Å². The second-order valence-electron chi connectivity index (χ2n) is 4.51. The van der Waals surface area contributed by atoms with Gasteiger partial charge in [-0.3, -0.25) is 4.79 Å². The van der Waals surface area contributed by atoms with Crippen molar-refractivity contribution in [1.29, 1.82) is 0 Å². The van der Waals surface area contributed by atoms with E-state index >= 15 is 0 Å². The summed E-state index contributed by atoms with van der Waals surface area (Å²) >= 11 is 0. The number of halogens is 3. The predicted molar refractivity (Wildman–Crippen MR) is 81.6 cm³/mol. The Kier molecular flexibility index (Phi) is 9.44. The Bertz CT molecular complexity index is 473. The largest absolute Gasteiger partial charge is 0.490 e. The van der Waals surface area contributed by atoms with Crippen molar-refractivity contribution in [2.45, 2.75) is 39.5 Å². The third-order valence-corrected chi connectivity index (χ3v) is 2.55. The van der Waals surface area contributed by atoms with Crippen LogP contribution in [0.1, 0.15) is 25.8 Å². The fourth-order valence-corrected chi connectivity index (χ4v) is 1.75. The van der Waals surface area contributed by atoms with Gasteiger partial charge in [0.15, 0.2) is 11.5 Å². The number of ether oxygens (including phenoxy) is 2. The van der Waals surface area contributed by atoms with Gasteiger partial charge in [0, 0.05) is 24.6 Å². The van der Waals surface area contributed by atoms with E-state index in [0.717, 1.165) is 0 Å². The third kappa shape index (κ3) is 6.91. The molecule has 5 nitrogen and oxygen atoms in total. The van der Waals surface area contributed by atoms with E-state index < -0.39 is 6.61 Å². The average molecular weight is 339 g/mol. The molecule has 1 aromatic rings. The Hall–Kier alpha value is -1.60. The van der Waals surface area contributed by atoms with Crippen LogP contribution in [-0.4, -0.2) is 25.2 Å². The summed E-state index contributed by atoms with van der Waals surface area (Å²) in [5, 5.41) is 2.61. The van der Waals surface area contributed by atoms with Crippen LogP contribution in [-0.2, 0) is 11.3 Å². The SMILES string of the molecule is CCOc1cccc(CNC(=O)CC(C)N)c1OC(F)F.Cl. The number of hydrogen-bond acceptors (Lipinski definition) is 4. The van der Waals surface area contributed by atoms with Crippen LogP contribution >= 0.6 is 12.4 Å². The summed E-state index contributed by atoms with van der Waals surface area (Å²) in [5.41, 5.74) is 5.93. The highest BCUT2D eigenvalue weighted by molar-refractivity contribution is 5.85. The summed E-state index contributed by atoms with van der Waals surface area (Å²) in [6.07, 6.45) is 0.163. The number of benzene rings is 1. The molecule has 0 bridgehead atoms. The molecule has 0 aromatic heterocycles. The lowest BCUT2D eigenvalue weighted by Crippen LogP contribution is -2.29. The topological polar surface area (TPSA) is 73.6 Å². The molecule has 0 radical (unpaired) electrons. The molecule has 1 atom stereocenters. The Balaban J connectivity index is 0.00000441. The number of para-hydroxylation sites is 1. The maximum absolute atomic E-state index is 12.5. The Morgan fingerprint density at radius 1 is 1.41 bits per heavy atom. The van der Waals surface area contributed by atoms with Crippen molar-refractivity contribution in [1.82, 2.24) is 5.32 Å². The summed E-state index contributed by atoms with van der Waals surface area (Å²) in [4.78, 5) is 11.6. The summed E-state index contributed by atoms with van der Waals surface area (Å²) < 4.78 is 34.8. The van der Waals surface area contributed by atoms with E-state index in [9.17, 15) is 13.6 Å². The average Bonchev–Trinajstić information content (AvgIpc) is 2.38. The van der Waals surface area contributed by atoms with Gasteiger partial charge in [-0.05, 0) is 19.9 Å². The number of amides is 1. The van der Waals surface area contributed by atoms with E-state index in [2.05, 4.69) is 10.1 Å². The highest BCUT2D eigenvalue weighted by atomic mass is 35.5. The molecule has 3 N–H and O–H groups in total. The second-order valence-corrected chi connectivity index (χ2v) is 4.51. The first-order valence-electron chi connectivity index (χ1n) is 6.65. The van der Waals surface area contributed by atoms with Crippen molar-refractivity contribution in [3.05, 3.63) is 23.8 Å². The zero-order valence-corrected chi connectivity index (χ0v) is 13.3. The monoisotopic (exact) mass is 338 g/mol. The van der Waals surface area contributed by atoms with Gasteiger partial charge in [-0.25, -0.2) is 0 Å². The number of carbonyl (C=O) groups excluding carboxylic acids is 1. The predicted octanol–water partition coefficient (Wildman–Crippen LogP) is 2.46. The summed E-state index contributed by atoms with van der Waals surface area (Å²) in [6.45, 7) is 0.864. The first-order valence-corrected chi connectivity index (χ1v) is 6.65. The fraction of sp³-hybridized carbons (Fsp3) is 0.500. The number of nitrogens with two attached hydrogens (primary N) is 1. The molecule has 1 amide bonds. The van der Waals surface area contributed by atoms with E-state index in [-0.39, 0.29) is 48.8 Å². The molecule has 0 aliphatic carbocycles. The van der Waals surface area contributed by atoms with Gasteiger partial charge in [0.05, 0.1) is 6.61 Å². The van der Waals surface area contributed by atoms with Crippen LogP contribution in [0.15, 0.2) is 18.2 Å². The van der Waals surface area contributed by atoms with Crippen molar-refractivity contribution >= 4 is 18.3 Å². The van der Waals surface area contributed by atoms with Crippen molar-refractivity contribution < 1.29 is 23.0 Å². The summed E-state index contributed by atoms with van der Waals surface area (Å²) in [7, 11) is 0. The number of rotatable bonds is 8. The van der Waals surface area contributed by atoms with E-state index in [4.69, 9.17) is 10.5 Å². The molecule has 0 spiro atoms. The second kappa shape index (κ2) is 10.2. The highest BCUT2D eigenvalue weighted by Gasteiger charge is 2.16. The van der Waals surface area contributed by atoms with E-state index in [1.165, 1.54) is 6.07 Å². The first-order chi connectivity index (χ1) is 9.93. The molecule has 1 aromatic carbocycles. The number of carbonyl (C=O) groups is 1. The summed E-state index contributed by atoms with van der Waals surface area (Å²) in [5.74, 6) is -0.0954. The third-order valence-electron chi connectivity index (χ3n) is 2.55. The molecule has 0 saturated heterocycles. The molecule has 1 unspecified atom stereocenters. The minimum Gasteiger partial charge on any atom is -0.490 e. The van der Waals surface area contributed by atoms with Crippen LogP contribution in [0.3, 0.4) is 0 Å². The minimum atomic E-state index is -2.97. The van der Waals surface area contributed by atoms with E-state index in [0.29, 0.717) is 12.2 Å². The van der Waals surface area contributed by atoms with Crippen molar-refractivity contribution in [2.24, 2.45) is 5.73 Å². The Morgan fingerprint density at radius 3 is 2.64 bits per heavy atom. The maximum atomic E-state index is 12.5. The lowest BCUT2D eigenvalue weighted by molar-refractivity contribution is -0.121. The van der Waals surface area contributed by atoms with Gasteiger partial charge in [-0.2, -0.15) is 8.78 Å². The number of hydrogen-bond donors (Lipinski definition) is 2. The van der Waals surface area contributed by atoms with E-state index in [1.54, 1.807) is 26.0 Å². The minimum absolute atomic E-state index is 0. The normalized spacial score (nSPS) is 11.5. The molecule has 0 aliphatic rings. The Labute approximate surface area is 134 Å². The van der Waals surface area contributed by atoms with Crippen LogP contribution in [0.2, 0.25) is 0 Å². The molecule has 0 saturated carbocycles. The zero-order chi connectivity index (χ0) is 15.8. The van der Waals surface area contributed by atoms with Crippen LogP contribution < -0.4 is 20.5 Å². The van der Waals surface area contributed by atoms with Gasteiger partial charge < -0.3 is 20.5 Å². The van der Waals surface area contributed by atoms with Crippen LogP contribution in [0, 0.1) is 0 Å². The quantitative estimate of drug-likeness (QED) is 0.763. The van der Waals surface area contributed by atoms with Gasteiger partial charge in [0.2, 0.25) is 5.91 Å². The van der Waals surface area contributed by atoms with Gasteiger partial charge in [0.25, 0.3) is 0 Å². The maximum Gasteiger partial charge on any atom is 0.387 e. The smallest absolute Gasteiger partial charge is 0.387 e. The molecule has 126 valence electrons. The van der Waals surface area contributed by atoms with Crippen LogP contribution in [0.4, 0.5) is 8.78 Å². The van der Waals surface area contributed by atoms with Gasteiger partial charge in [0.1, 0.15) is 0 Å². The van der Waals surface area contributed by atoms with Gasteiger partial charge in [-0.1, -0.05) is 12.1 Å². The molecule has 0 heterocycles. The van der Waals surface area contributed by atoms with Crippen molar-refractivity contribution in [3.63, 3.8) is 0 Å².